The second kappa shape index (κ2) is 3.95. The van der Waals surface area contributed by atoms with Gasteiger partial charge in [-0.25, -0.2) is 9.37 Å². The molecule has 0 saturated heterocycles. The normalized spacial score (nSPS) is 11.1. The van der Waals surface area contributed by atoms with Crippen molar-refractivity contribution in [3.63, 3.8) is 0 Å². The van der Waals surface area contributed by atoms with Gasteiger partial charge in [0.1, 0.15) is 11.5 Å². The van der Waals surface area contributed by atoms with E-state index >= 15 is 0 Å². The van der Waals surface area contributed by atoms with Crippen molar-refractivity contribution in [1.29, 1.82) is 0 Å². The highest BCUT2D eigenvalue weighted by Gasteiger charge is 2.07. The Bertz CT molecular complexity index is 728. The summed E-state index contributed by atoms with van der Waals surface area (Å²) in [6.07, 6.45) is 3.93. The van der Waals surface area contributed by atoms with E-state index in [0.29, 0.717) is 5.56 Å². The fourth-order valence-corrected chi connectivity index (χ4v) is 2.10. The molecule has 90 valence electrons. The number of hydrogen-bond donors (Lipinski definition) is 0. The van der Waals surface area contributed by atoms with Crippen molar-refractivity contribution in [2.45, 2.75) is 13.8 Å². The van der Waals surface area contributed by atoms with Gasteiger partial charge in [-0.1, -0.05) is 6.07 Å². The average molecular weight is 240 g/mol. The average Bonchev–Trinajstić information content (AvgIpc) is 2.78. The number of halogens is 1. The molecule has 0 saturated carbocycles. The zero-order chi connectivity index (χ0) is 12.7. The molecule has 3 rings (SSSR count). The van der Waals surface area contributed by atoms with Gasteiger partial charge in [-0.2, -0.15) is 0 Å². The first kappa shape index (κ1) is 11.0. The van der Waals surface area contributed by atoms with E-state index in [2.05, 4.69) is 4.98 Å². The van der Waals surface area contributed by atoms with Crippen LogP contribution in [0.2, 0.25) is 0 Å². The highest BCUT2D eigenvalue weighted by atomic mass is 19.1. The van der Waals surface area contributed by atoms with Crippen LogP contribution in [0.1, 0.15) is 11.1 Å². The molecule has 0 amide bonds. The molecule has 2 nitrogen and oxygen atoms in total. The fourth-order valence-electron chi connectivity index (χ4n) is 2.10. The zero-order valence-corrected chi connectivity index (χ0v) is 10.3. The maximum atomic E-state index is 13.3. The Hall–Kier alpha value is -2.16. The van der Waals surface area contributed by atoms with E-state index in [1.807, 2.05) is 41.9 Å². The number of hydrogen-bond acceptors (Lipinski definition) is 1. The number of benzene rings is 1. The minimum atomic E-state index is -0.182. The molecule has 1 aromatic carbocycles. The molecule has 3 aromatic rings. The lowest BCUT2D eigenvalue weighted by Gasteiger charge is -1.99. The van der Waals surface area contributed by atoms with Gasteiger partial charge >= 0.3 is 0 Å². The van der Waals surface area contributed by atoms with Crippen LogP contribution in [-0.4, -0.2) is 9.38 Å². The number of imidazole rings is 1. The minimum Gasteiger partial charge on any atom is -0.306 e. The van der Waals surface area contributed by atoms with E-state index in [-0.39, 0.29) is 5.82 Å². The molecule has 0 bridgehead atoms. The standard InChI is InChI=1S/C15H13FN2/c1-10-4-3-7-18-9-14(17-15(10)18)12-5-6-13(16)11(2)8-12/h3-9H,1-2H3. The first-order valence-electron chi connectivity index (χ1n) is 5.86. The van der Waals surface area contributed by atoms with E-state index in [1.54, 1.807) is 13.0 Å². The Morgan fingerprint density at radius 3 is 2.67 bits per heavy atom. The second-order valence-electron chi connectivity index (χ2n) is 4.51. The molecular weight excluding hydrogens is 227 g/mol. The Morgan fingerprint density at radius 1 is 1.11 bits per heavy atom. The Balaban J connectivity index is 2.19. The quantitative estimate of drug-likeness (QED) is 0.633. The van der Waals surface area contributed by atoms with Gasteiger partial charge in [-0.15, -0.1) is 0 Å². The number of rotatable bonds is 1. The third-order valence-corrected chi connectivity index (χ3v) is 3.13. The van der Waals surface area contributed by atoms with Crippen LogP contribution in [0.5, 0.6) is 0 Å². The summed E-state index contributed by atoms with van der Waals surface area (Å²) in [5.74, 6) is -0.182. The second-order valence-corrected chi connectivity index (χ2v) is 4.51. The zero-order valence-electron chi connectivity index (χ0n) is 10.3. The highest BCUT2D eigenvalue weighted by Crippen LogP contribution is 2.22. The van der Waals surface area contributed by atoms with Crippen molar-refractivity contribution >= 4 is 5.65 Å². The first-order chi connectivity index (χ1) is 8.65. The summed E-state index contributed by atoms with van der Waals surface area (Å²) >= 11 is 0. The van der Waals surface area contributed by atoms with Gasteiger partial charge in [0.05, 0.1) is 5.69 Å². The van der Waals surface area contributed by atoms with Gasteiger partial charge < -0.3 is 4.40 Å². The Labute approximate surface area is 105 Å². The van der Waals surface area contributed by atoms with Crippen LogP contribution in [0.3, 0.4) is 0 Å². The molecule has 0 unspecified atom stereocenters. The molecule has 0 N–H and O–H groups in total. The Kier molecular flexibility index (Phi) is 2.40. The molecule has 0 fully saturated rings. The van der Waals surface area contributed by atoms with Gasteiger partial charge in [0.15, 0.2) is 0 Å². The van der Waals surface area contributed by atoms with Crippen LogP contribution in [-0.2, 0) is 0 Å². The molecule has 0 atom stereocenters. The maximum absolute atomic E-state index is 13.3. The molecule has 0 aliphatic rings. The van der Waals surface area contributed by atoms with E-state index in [9.17, 15) is 4.39 Å². The molecule has 2 aromatic heterocycles. The van der Waals surface area contributed by atoms with Crippen molar-refractivity contribution < 1.29 is 4.39 Å². The number of aryl methyl sites for hydroxylation is 2. The molecule has 0 spiro atoms. The van der Waals surface area contributed by atoms with Crippen molar-refractivity contribution in [2.24, 2.45) is 0 Å². The fraction of sp³-hybridized carbons (Fsp3) is 0.133. The summed E-state index contributed by atoms with van der Waals surface area (Å²) in [5.41, 5.74) is 4.52. The number of pyridine rings is 1. The molecule has 3 heteroatoms. The van der Waals surface area contributed by atoms with Crippen LogP contribution in [0.25, 0.3) is 16.9 Å². The molecule has 2 heterocycles. The number of aromatic nitrogens is 2. The maximum Gasteiger partial charge on any atom is 0.140 e. The summed E-state index contributed by atoms with van der Waals surface area (Å²) in [4.78, 5) is 4.59. The summed E-state index contributed by atoms with van der Waals surface area (Å²) in [5, 5.41) is 0. The van der Waals surface area contributed by atoms with Crippen LogP contribution in [0.4, 0.5) is 4.39 Å². The highest BCUT2D eigenvalue weighted by molar-refractivity contribution is 5.64. The topological polar surface area (TPSA) is 17.3 Å². The van der Waals surface area contributed by atoms with Crippen molar-refractivity contribution in [1.82, 2.24) is 9.38 Å². The van der Waals surface area contributed by atoms with Crippen molar-refractivity contribution in [3.05, 3.63) is 59.7 Å². The summed E-state index contributed by atoms with van der Waals surface area (Å²) in [6.45, 7) is 3.79. The van der Waals surface area contributed by atoms with Crippen molar-refractivity contribution in [2.75, 3.05) is 0 Å². The lowest BCUT2D eigenvalue weighted by atomic mass is 10.1. The monoisotopic (exact) mass is 240 g/mol. The third-order valence-electron chi connectivity index (χ3n) is 3.13. The van der Waals surface area contributed by atoms with Crippen LogP contribution in [0, 0.1) is 19.7 Å². The SMILES string of the molecule is Cc1cc(-c2cn3cccc(C)c3n2)ccc1F. The van der Waals surface area contributed by atoms with E-state index in [0.717, 1.165) is 22.5 Å². The van der Waals surface area contributed by atoms with Crippen LogP contribution in [0.15, 0.2) is 42.7 Å². The smallest absolute Gasteiger partial charge is 0.140 e. The van der Waals surface area contributed by atoms with Gasteiger partial charge in [0.2, 0.25) is 0 Å². The van der Waals surface area contributed by atoms with Crippen LogP contribution < -0.4 is 0 Å². The summed E-state index contributed by atoms with van der Waals surface area (Å²) < 4.78 is 15.2. The number of nitrogens with zero attached hydrogens (tertiary/aromatic N) is 2. The summed E-state index contributed by atoms with van der Waals surface area (Å²) in [6, 6.07) is 9.10. The molecule has 18 heavy (non-hydrogen) atoms. The first-order valence-corrected chi connectivity index (χ1v) is 5.86. The Morgan fingerprint density at radius 2 is 1.94 bits per heavy atom. The van der Waals surface area contributed by atoms with Gasteiger partial charge in [0.25, 0.3) is 0 Å². The summed E-state index contributed by atoms with van der Waals surface area (Å²) in [7, 11) is 0. The van der Waals surface area contributed by atoms with Gasteiger partial charge in [0, 0.05) is 18.0 Å². The van der Waals surface area contributed by atoms with E-state index in [1.165, 1.54) is 6.07 Å². The largest absolute Gasteiger partial charge is 0.306 e. The third kappa shape index (κ3) is 1.68. The van der Waals surface area contributed by atoms with Gasteiger partial charge in [-0.05, 0) is 49.2 Å². The molecule has 0 aliphatic carbocycles. The predicted octanol–water partition coefficient (Wildman–Crippen LogP) is 3.76. The molecule has 0 aliphatic heterocycles. The molecule has 0 radical (unpaired) electrons. The van der Waals surface area contributed by atoms with Gasteiger partial charge in [-0.3, -0.25) is 0 Å². The lowest BCUT2D eigenvalue weighted by Crippen LogP contribution is -1.84. The number of fused-ring (bicyclic) bond motifs is 1. The van der Waals surface area contributed by atoms with Crippen molar-refractivity contribution in [3.8, 4) is 11.3 Å². The lowest BCUT2D eigenvalue weighted by molar-refractivity contribution is 0.619. The van der Waals surface area contributed by atoms with E-state index < -0.39 is 0 Å². The van der Waals surface area contributed by atoms with Crippen LogP contribution >= 0.6 is 0 Å². The predicted molar refractivity (Wildman–Crippen MR) is 70.1 cm³/mol. The van der Waals surface area contributed by atoms with E-state index in [4.69, 9.17) is 0 Å². The molecular formula is C15H13FN2. The minimum absolute atomic E-state index is 0.182.